The summed E-state index contributed by atoms with van der Waals surface area (Å²) in [7, 11) is -2.86. The SMILES string of the molecule is CC[Si](CC)(CC)OC[C@H]1OC(NC(=S)Nc2cc(C(F)(F)F)cc(C(F)(F)F)c2)[C@H](N(C)C)[C@@H](O[Si](CC)(CC)CC)[C@@H]1O[Si](CC)(CC)CC. The van der Waals surface area contributed by atoms with E-state index in [1.54, 1.807) is 0 Å². The molecule has 0 bridgehead atoms. The van der Waals surface area contributed by atoms with Crippen LogP contribution >= 0.6 is 12.2 Å². The summed E-state index contributed by atoms with van der Waals surface area (Å²) in [6.07, 6.45) is -12.4. The molecule has 1 unspecified atom stereocenters. The molecule has 1 fully saturated rings. The molecule has 0 spiro atoms. The Hall–Kier alpha value is -1.06. The minimum atomic E-state index is -5.00. The van der Waals surface area contributed by atoms with Gasteiger partial charge in [0.15, 0.2) is 30.1 Å². The molecule has 0 aliphatic carbocycles. The Bertz CT molecular complexity index is 1210. The van der Waals surface area contributed by atoms with Crippen LogP contribution in [0.3, 0.4) is 0 Å². The molecular formula is C35H63F6N3O4SSi3. The average Bonchev–Trinajstić information content (AvgIpc) is 3.10. The molecule has 1 aliphatic heterocycles. The number of benzene rings is 1. The fourth-order valence-corrected chi connectivity index (χ4v) is 15.8. The third-order valence-corrected chi connectivity index (χ3v) is 25.6. The summed E-state index contributed by atoms with van der Waals surface area (Å²) < 4.78 is 110. The van der Waals surface area contributed by atoms with E-state index >= 15 is 0 Å². The number of anilines is 1. The lowest BCUT2D eigenvalue weighted by Crippen LogP contribution is -2.71. The molecule has 1 aromatic carbocycles. The number of alkyl halides is 6. The topological polar surface area (TPSA) is 64.2 Å². The summed E-state index contributed by atoms with van der Waals surface area (Å²) in [5.74, 6) is 0. The van der Waals surface area contributed by atoms with Crippen molar-refractivity contribution in [3.05, 3.63) is 29.3 Å². The van der Waals surface area contributed by atoms with Gasteiger partial charge in [-0.3, -0.25) is 4.90 Å². The van der Waals surface area contributed by atoms with Crippen molar-refractivity contribution in [1.29, 1.82) is 0 Å². The quantitative estimate of drug-likeness (QED) is 0.0813. The van der Waals surface area contributed by atoms with Crippen LogP contribution in [0, 0.1) is 0 Å². The van der Waals surface area contributed by atoms with Gasteiger partial charge in [0, 0.05) is 5.69 Å². The number of likely N-dealkylation sites (N-methyl/N-ethyl adjacent to an activating group) is 1. The lowest BCUT2D eigenvalue weighted by Gasteiger charge is -2.53. The second-order valence-corrected chi connectivity index (χ2v) is 28.8. The first kappa shape index (κ1) is 47.1. The van der Waals surface area contributed by atoms with Crippen molar-refractivity contribution in [2.24, 2.45) is 0 Å². The van der Waals surface area contributed by atoms with Gasteiger partial charge < -0.3 is 28.6 Å². The Morgan fingerprint density at radius 3 is 1.46 bits per heavy atom. The standard InChI is InChI=1S/C35H63F6N3O4SSi3/c1-12-50(13-2,14-3)45-24-28-30(47-51(15-4,16-5)17-6)31(48-52(18-7,19-8)20-9)29(44(10)11)32(46-28)43-33(49)42-27-22-25(34(36,37)38)21-26(23-27)35(39,40)41/h21-23,28-32H,12-20,24H2,1-11H3,(H2,42,43,49)/t28-,29-,30-,31-,32?/m1/s1. The molecule has 1 saturated heterocycles. The fraction of sp³-hybridized carbons (Fsp3) is 0.800. The van der Waals surface area contributed by atoms with Gasteiger partial charge in [-0.15, -0.1) is 0 Å². The van der Waals surface area contributed by atoms with Crippen molar-refractivity contribution in [1.82, 2.24) is 10.2 Å². The number of ether oxygens (including phenoxy) is 1. The summed E-state index contributed by atoms with van der Waals surface area (Å²) in [6, 6.07) is 8.99. The van der Waals surface area contributed by atoms with Crippen molar-refractivity contribution in [2.45, 2.75) is 160 Å². The maximum absolute atomic E-state index is 13.7. The lowest BCUT2D eigenvalue weighted by atomic mass is 9.95. The highest BCUT2D eigenvalue weighted by atomic mass is 32.1. The third kappa shape index (κ3) is 11.7. The van der Waals surface area contributed by atoms with Crippen molar-refractivity contribution in [3.63, 3.8) is 0 Å². The predicted molar refractivity (Wildman–Crippen MR) is 209 cm³/mol. The number of hydrogen-bond acceptors (Lipinski definition) is 6. The third-order valence-electron chi connectivity index (χ3n) is 11.5. The molecule has 302 valence electrons. The summed E-state index contributed by atoms with van der Waals surface area (Å²) in [6.45, 7) is 19.7. The maximum Gasteiger partial charge on any atom is 0.416 e. The van der Waals surface area contributed by atoms with Gasteiger partial charge in [-0.2, -0.15) is 26.3 Å². The number of thiocarbonyl (C=S) groups is 1. The van der Waals surface area contributed by atoms with Gasteiger partial charge >= 0.3 is 12.4 Å². The molecular weight excluding hydrogens is 757 g/mol. The number of nitrogens with one attached hydrogen (secondary N) is 2. The first-order chi connectivity index (χ1) is 24.2. The molecule has 5 atom stereocenters. The molecule has 0 amide bonds. The van der Waals surface area contributed by atoms with E-state index in [0.29, 0.717) is 12.1 Å². The van der Waals surface area contributed by atoms with Crippen LogP contribution in [0.2, 0.25) is 54.4 Å². The van der Waals surface area contributed by atoms with Crippen molar-refractivity contribution in [2.75, 3.05) is 26.0 Å². The largest absolute Gasteiger partial charge is 0.416 e. The Balaban J connectivity index is 2.73. The number of rotatable bonds is 19. The molecule has 2 N–H and O–H groups in total. The summed E-state index contributed by atoms with van der Waals surface area (Å²) in [5, 5.41) is 5.52. The highest BCUT2D eigenvalue weighted by molar-refractivity contribution is 7.80. The summed E-state index contributed by atoms with van der Waals surface area (Å²) in [5.41, 5.74) is -3.33. The normalized spacial score (nSPS) is 22.2. The molecule has 52 heavy (non-hydrogen) atoms. The summed E-state index contributed by atoms with van der Waals surface area (Å²) in [4.78, 5) is 1.97. The van der Waals surface area contributed by atoms with Gasteiger partial charge in [-0.1, -0.05) is 62.3 Å². The molecule has 1 aromatic rings. The van der Waals surface area contributed by atoms with Crippen molar-refractivity contribution >= 4 is 48.0 Å². The molecule has 0 saturated carbocycles. The maximum atomic E-state index is 13.7. The summed E-state index contributed by atoms with van der Waals surface area (Å²) >= 11 is 5.57. The number of nitrogens with zero attached hydrogens (tertiary/aromatic N) is 1. The Labute approximate surface area is 316 Å². The average molecular weight is 820 g/mol. The van der Waals surface area contributed by atoms with E-state index in [9.17, 15) is 26.3 Å². The molecule has 2 rings (SSSR count). The van der Waals surface area contributed by atoms with Crippen LogP contribution in [0.5, 0.6) is 0 Å². The second kappa shape index (κ2) is 19.7. The van der Waals surface area contributed by atoms with Gasteiger partial charge in [0.05, 0.1) is 29.9 Å². The van der Waals surface area contributed by atoms with Gasteiger partial charge in [-0.25, -0.2) is 0 Å². The zero-order valence-corrected chi connectivity index (χ0v) is 36.8. The van der Waals surface area contributed by atoms with Crippen LogP contribution in [0.4, 0.5) is 32.0 Å². The van der Waals surface area contributed by atoms with E-state index in [1.165, 1.54) is 0 Å². The van der Waals surface area contributed by atoms with Gasteiger partial charge in [0.1, 0.15) is 18.4 Å². The smallest absolute Gasteiger partial charge is 0.414 e. The minimum Gasteiger partial charge on any atom is -0.414 e. The van der Waals surface area contributed by atoms with Crippen LogP contribution in [0.1, 0.15) is 73.4 Å². The molecule has 0 aromatic heterocycles. The lowest BCUT2D eigenvalue weighted by molar-refractivity contribution is -0.203. The van der Waals surface area contributed by atoms with Crippen LogP contribution in [-0.4, -0.2) is 86.2 Å². The zero-order valence-electron chi connectivity index (χ0n) is 32.9. The monoisotopic (exact) mass is 819 g/mol. The highest BCUT2D eigenvalue weighted by Crippen LogP contribution is 2.39. The van der Waals surface area contributed by atoms with E-state index < -0.39 is 84.7 Å². The van der Waals surface area contributed by atoms with Crippen molar-refractivity contribution < 1.29 is 44.4 Å². The molecule has 1 aliphatic rings. The Morgan fingerprint density at radius 1 is 0.692 bits per heavy atom. The van der Waals surface area contributed by atoms with E-state index in [2.05, 4.69) is 72.9 Å². The fourth-order valence-electron chi connectivity index (χ4n) is 7.24. The van der Waals surface area contributed by atoms with E-state index in [1.807, 2.05) is 19.0 Å². The van der Waals surface area contributed by atoms with Crippen LogP contribution in [-0.2, 0) is 30.4 Å². The van der Waals surface area contributed by atoms with Gasteiger partial charge in [0.25, 0.3) is 0 Å². The Kier molecular flexibility index (Phi) is 17.8. The van der Waals surface area contributed by atoms with Crippen molar-refractivity contribution in [3.8, 4) is 0 Å². The zero-order chi connectivity index (χ0) is 39.7. The second-order valence-electron chi connectivity index (χ2n) is 14.1. The van der Waals surface area contributed by atoms with Crippen LogP contribution < -0.4 is 10.6 Å². The van der Waals surface area contributed by atoms with Crippen LogP contribution in [0.25, 0.3) is 0 Å². The molecule has 0 radical (unpaired) electrons. The van der Waals surface area contributed by atoms with E-state index in [-0.39, 0.29) is 17.8 Å². The molecule has 7 nitrogen and oxygen atoms in total. The first-order valence-electron chi connectivity index (χ1n) is 18.9. The van der Waals surface area contributed by atoms with E-state index in [4.69, 9.17) is 30.2 Å². The number of hydrogen-bond donors (Lipinski definition) is 2. The number of halogens is 6. The Morgan fingerprint density at radius 2 is 1.10 bits per heavy atom. The minimum absolute atomic E-state index is 0.0878. The van der Waals surface area contributed by atoms with E-state index in [0.717, 1.165) is 54.4 Å². The van der Waals surface area contributed by atoms with Gasteiger partial charge in [-0.05, 0) is 98.9 Å². The predicted octanol–water partition coefficient (Wildman–Crippen LogP) is 10.5. The first-order valence-corrected chi connectivity index (χ1v) is 26.9. The van der Waals surface area contributed by atoms with Crippen LogP contribution in [0.15, 0.2) is 18.2 Å². The molecule has 1 heterocycles. The molecule has 17 heteroatoms. The van der Waals surface area contributed by atoms with Gasteiger partial charge in [0.2, 0.25) is 0 Å². The highest BCUT2D eigenvalue weighted by Gasteiger charge is 2.53.